The highest BCUT2D eigenvalue weighted by molar-refractivity contribution is 8.00. The number of amides is 1. The van der Waals surface area contributed by atoms with E-state index in [2.05, 4.69) is 6.07 Å². The SMILES string of the molecule is O=C(C[C@]1(c2ccc(-c3cccc(O)c3)s2)CCCCS1)NO. The first-order chi connectivity index (χ1) is 11.1. The van der Waals surface area contributed by atoms with E-state index in [0.717, 1.165) is 40.3 Å². The number of hydroxylamine groups is 1. The number of nitrogens with one attached hydrogen (secondary N) is 1. The Bertz CT molecular complexity index is 693. The number of rotatable bonds is 4. The van der Waals surface area contributed by atoms with Gasteiger partial charge in [-0.3, -0.25) is 10.0 Å². The number of hydrogen-bond donors (Lipinski definition) is 3. The molecule has 1 aromatic heterocycles. The minimum absolute atomic E-state index is 0.249. The fourth-order valence-corrected chi connectivity index (χ4v) is 5.86. The van der Waals surface area contributed by atoms with E-state index in [1.807, 2.05) is 30.0 Å². The fraction of sp³-hybridized carbons (Fsp3) is 0.353. The maximum absolute atomic E-state index is 11.8. The number of aromatic hydroxyl groups is 1. The van der Waals surface area contributed by atoms with Crippen molar-refractivity contribution in [2.75, 3.05) is 5.75 Å². The molecule has 3 rings (SSSR count). The van der Waals surface area contributed by atoms with Crippen LogP contribution >= 0.6 is 23.1 Å². The van der Waals surface area contributed by atoms with Gasteiger partial charge < -0.3 is 5.11 Å². The average Bonchev–Trinajstić information content (AvgIpc) is 3.06. The number of benzene rings is 1. The lowest BCUT2D eigenvalue weighted by molar-refractivity contribution is -0.129. The third-order valence-corrected chi connectivity index (χ3v) is 7.19. The molecular formula is C17H19NO3S2. The first-order valence-electron chi connectivity index (χ1n) is 7.60. The van der Waals surface area contributed by atoms with Crippen LogP contribution in [0.4, 0.5) is 0 Å². The Hall–Kier alpha value is -1.50. The van der Waals surface area contributed by atoms with E-state index < -0.39 is 0 Å². The van der Waals surface area contributed by atoms with E-state index in [0.29, 0.717) is 0 Å². The quantitative estimate of drug-likeness (QED) is 0.573. The largest absolute Gasteiger partial charge is 0.508 e. The Labute approximate surface area is 143 Å². The van der Waals surface area contributed by atoms with Crippen molar-refractivity contribution in [2.45, 2.75) is 30.4 Å². The standard InChI is InChI=1S/C17H19NO3S2/c19-13-5-3-4-12(10-13)14-6-7-15(23-14)17(11-16(20)18-21)8-1-2-9-22-17/h3-7,10,19,21H,1-2,8-9,11H2,(H,18,20)/t17-/m0/s1. The second-order valence-corrected chi connectivity index (χ2v) is 8.29. The van der Waals surface area contributed by atoms with E-state index in [4.69, 9.17) is 5.21 Å². The van der Waals surface area contributed by atoms with Crippen LogP contribution < -0.4 is 5.48 Å². The van der Waals surface area contributed by atoms with Gasteiger partial charge in [0.2, 0.25) is 5.91 Å². The van der Waals surface area contributed by atoms with Gasteiger partial charge in [0, 0.05) is 16.2 Å². The number of carbonyl (C=O) groups is 1. The number of phenolic OH excluding ortho intramolecular Hbond substituents is 1. The van der Waals surface area contributed by atoms with Gasteiger partial charge in [-0.05, 0) is 48.4 Å². The topological polar surface area (TPSA) is 69.6 Å². The molecule has 1 aliphatic rings. The molecule has 2 heterocycles. The molecule has 1 aromatic carbocycles. The van der Waals surface area contributed by atoms with Crippen LogP contribution in [0.15, 0.2) is 36.4 Å². The van der Waals surface area contributed by atoms with E-state index in [-0.39, 0.29) is 22.8 Å². The number of hydrogen-bond acceptors (Lipinski definition) is 5. The molecule has 0 radical (unpaired) electrons. The normalized spacial score (nSPS) is 21.1. The van der Waals surface area contributed by atoms with Gasteiger partial charge >= 0.3 is 0 Å². The van der Waals surface area contributed by atoms with Crippen LogP contribution in [0.25, 0.3) is 10.4 Å². The Morgan fingerprint density at radius 2 is 2.13 bits per heavy atom. The van der Waals surface area contributed by atoms with Crippen molar-refractivity contribution in [1.82, 2.24) is 5.48 Å². The molecule has 1 saturated heterocycles. The monoisotopic (exact) mass is 349 g/mol. The molecule has 0 aliphatic carbocycles. The lowest BCUT2D eigenvalue weighted by atomic mass is 9.94. The maximum atomic E-state index is 11.8. The van der Waals surface area contributed by atoms with E-state index in [9.17, 15) is 9.90 Å². The summed E-state index contributed by atoms with van der Waals surface area (Å²) in [6.45, 7) is 0. The van der Waals surface area contributed by atoms with Crippen LogP contribution in [-0.2, 0) is 9.54 Å². The summed E-state index contributed by atoms with van der Waals surface area (Å²) in [4.78, 5) is 14.0. The summed E-state index contributed by atoms with van der Waals surface area (Å²) in [6.07, 6.45) is 3.47. The lowest BCUT2D eigenvalue weighted by Crippen LogP contribution is -2.32. The Kier molecular flexibility index (Phi) is 4.94. The maximum Gasteiger partial charge on any atom is 0.245 e. The van der Waals surface area contributed by atoms with Crippen molar-refractivity contribution in [2.24, 2.45) is 0 Å². The van der Waals surface area contributed by atoms with Gasteiger partial charge in [-0.2, -0.15) is 0 Å². The minimum atomic E-state index is -0.341. The molecule has 1 amide bonds. The molecule has 1 aliphatic heterocycles. The third-order valence-electron chi connectivity index (χ3n) is 4.11. The smallest absolute Gasteiger partial charge is 0.245 e. The van der Waals surface area contributed by atoms with Crippen molar-refractivity contribution in [3.63, 3.8) is 0 Å². The van der Waals surface area contributed by atoms with E-state index in [1.54, 1.807) is 28.9 Å². The lowest BCUT2D eigenvalue weighted by Gasteiger charge is -2.35. The van der Waals surface area contributed by atoms with E-state index in [1.165, 1.54) is 0 Å². The summed E-state index contributed by atoms with van der Waals surface area (Å²) in [5.74, 6) is 0.934. The second kappa shape index (κ2) is 6.95. The summed E-state index contributed by atoms with van der Waals surface area (Å²) in [7, 11) is 0. The van der Waals surface area contributed by atoms with Crippen molar-refractivity contribution < 1.29 is 15.1 Å². The third kappa shape index (κ3) is 3.54. The molecule has 122 valence electrons. The summed E-state index contributed by atoms with van der Waals surface area (Å²) in [5.41, 5.74) is 2.75. The molecule has 23 heavy (non-hydrogen) atoms. The molecule has 0 unspecified atom stereocenters. The van der Waals surface area contributed by atoms with E-state index >= 15 is 0 Å². The van der Waals surface area contributed by atoms with Crippen LogP contribution in [0.1, 0.15) is 30.6 Å². The number of phenols is 1. The molecule has 4 nitrogen and oxygen atoms in total. The van der Waals surface area contributed by atoms with Gasteiger partial charge in [0.05, 0.1) is 4.75 Å². The number of thiophene rings is 1. The second-order valence-electron chi connectivity index (χ2n) is 5.73. The molecule has 1 atom stereocenters. The molecule has 3 N–H and O–H groups in total. The molecule has 0 spiro atoms. The Balaban J connectivity index is 1.93. The number of carbonyl (C=O) groups excluding carboxylic acids is 1. The van der Waals surface area contributed by atoms with Crippen molar-refractivity contribution in [3.05, 3.63) is 41.3 Å². The van der Waals surface area contributed by atoms with Crippen LogP contribution in [0, 0.1) is 0 Å². The molecule has 6 heteroatoms. The summed E-state index contributed by atoms with van der Waals surface area (Å²) in [6, 6.07) is 11.3. The van der Waals surface area contributed by atoms with Crippen LogP contribution in [0.5, 0.6) is 5.75 Å². The highest BCUT2D eigenvalue weighted by atomic mass is 32.2. The Morgan fingerprint density at radius 3 is 2.83 bits per heavy atom. The van der Waals surface area contributed by atoms with Gasteiger partial charge in [-0.1, -0.05) is 18.6 Å². The zero-order valence-electron chi connectivity index (χ0n) is 12.6. The van der Waals surface area contributed by atoms with Crippen molar-refractivity contribution in [1.29, 1.82) is 0 Å². The highest BCUT2D eigenvalue weighted by Gasteiger charge is 2.38. The fourth-order valence-electron chi connectivity index (χ4n) is 2.97. The zero-order chi connectivity index (χ0) is 16.3. The zero-order valence-corrected chi connectivity index (χ0v) is 14.3. The average molecular weight is 349 g/mol. The Morgan fingerprint density at radius 1 is 1.26 bits per heavy atom. The predicted molar refractivity (Wildman–Crippen MR) is 94.0 cm³/mol. The highest BCUT2D eigenvalue weighted by Crippen LogP contribution is 2.50. The molecule has 0 bridgehead atoms. The molecular weight excluding hydrogens is 330 g/mol. The van der Waals surface area contributed by atoms with Crippen LogP contribution in [0.3, 0.4) is 0 Å². The first-order valence-corrected chi connectivity index (χ1v) is 9.40. The van der Waals surface area contributed by atoms with Crippen LogP contribution in [0.2, 0.25) is 0 Å². The van der Waals surface area contributed by atoms with Gasteiger partial charge in [-0.15, -0.1) is 23.1 Å². The minimum Gasteiger partial charge on any atom is -0.508 e. The van der Waals surface area contributed by atoms with Gasteiger partial charge in [-0.25, -0.2) is 5.48 Å². The molecule has 0 saturated carbocycles. The van der Waals surface area contributed by atoms with Gasteiger partial charge in [0.25, 0.3) is 0 Å². The van der Waals surface area contributed by atoms with Crippen molar-refractivity contribution >= 4 is 29.0 Å². The van der Waals surface area contributed by atoms with Gasteiger partial charge in [0.15, 0.2) is 0 Å². The summed E-state index contributed by atoms with van der Waals surface area (Å²) < 4.78 is -0.259. The molecule has 2 aromatic rings. The van der Waals surface area contributed by atoms with Gasteiger partial charge in [0.1, 0.15) is 5.75 Å². The molecule has 1 fully saturated rings. The van der Waals surface area contributed by atoms with Crippen LogP contribution in [-0.4, -0.2) is 22.0 Å². The van der Waals surface area contributed by atoms with Crippen molar-refractivity contribution in [3.8, 4) is 16.2 Å². The predicted octanol–water partition coefficient (Wildman–Crippen LogP) is 4.13. The summed E-state index contributed by atoms with van der Waals surface area (Å²) >= 11 is 3.47. The number of thioether (sulfide) groups is 1. The summed E-state index contributed by atoms with van der Waals surface area (Å²) in [5, 5.41) is 18.6. The first kappa shape index (κ1) is 16.4.